The highest BCUT2D eigenvalue weighted by Crippen LogP contribution is 2.32. The first-order valence-electron chi connectivity index (χ1n) is 9.24. The molecule has 2 N–H and O–H groups in total. The number of carbonyl (C=O) groups is 2. The van der Waals surface area contributed by atoms with E-state index >= 15 is 0 Å². The summed E-state index contributed by atoms with van der Waals surface area (Å²) in [6.45, 7) is 5.79. The van der Waals surface area contributed by atoms with Crippen molar-refractivity contribution in [2.75, 3.05) is 13.7 Å². The number of amides is 2. The summed E-state index contributed by atoms with van der Waals surface area (Å²) in [5, 5.41) is 6.90. The number of nitrogens with one attached hydrogen (secondary N) is 2. The number of benzene rings is 1. The van der Waals surface area contributed by atoms with Crippen molar-refractivity contribution in [3.05, 3.63) is 47.8 Å². The summed E-state index contributed by atoms with van der Waals surface area (Å²) in [6.07, 6.45) is 1.49. The van der Waals surface area contributed by atoms with Crippen LogP contribution in [0.3, 0.4) is 0 Å². The van der Waals surface area contributed by atoms with Gasteiger partial charge < -0.3 is 14.9 Å². The van der Waals surface area contributed by atoms with Gasteiger partial charge in [-0.05, 0) is 36.8 Å². The minimum absolute atomic E-state index is 0.0107. The number of hydroxylamine groups is 1. The lowest BCUT2D eigenvalue weighted by atomic mass is 9.90. The van der Waals surface area contributed by atoms with E-state index in [9.17, 15) is 14.0 Å². The van der Waals surface area contributed by atoms with Gasteiger partial charge >= 0.3 is 0 Å². The molecule has 8 nitrogen and oxygen atoms in total. The average molecular weight is 405 g/mol. The highest BCUT2D eigenvalue weighted by Gasteiger charge is 2.40. The molecule has 2 heterocycles. The van der Waals surface area contributed by atoms with Gasteiger partial charge in [-0.2, -0.15) is 0 Å². The fourth-order valence-corrected chi connectivity index (χ4v) is 3.45. The summed E-state index contributed by atoms with van der Waals surface area (Å²) < 4.78 is 19.1. The second-order valence-corrected chi connectivity index (χ2v) is 7.26. The lowest BCUT2D eigenvalue weighted by Crippen LogP contribution is -2.41. The molecule has 1 fully saturated rings. The van der Waals surface area contributed by atoms with Crippen LogP contribution < -0.4 is 10.8 Å². The van der Waals surface area contributed by atoms with Gasteiger partial charge in [0, 0.05) is 18.4 Å². The molecule has 0 spiro atoms. The standard InChI is InChI=1S/C20H24FN3O5/c1-4-20(9-16(23-29-20)13-5-12(2)6-14(21)7-13)10-18(25)22-15-8-17(28-11-15)19(26)24-27-3/h4-7,15,17H,1,8-11H2,2-3H3,(H,22,25)(H,24,26)/t15-,17-,20+/m1/s1. The third-order valence-electron chi connectivity index (χ3n) is 4.87. The van der Waals surface area contributed by atoms with E-state index in [1.807, 2.05) is 6.07 Å². The number of hydrogen-bond donors (Lipinski definition) is 2. The maximum absolute atomic E-state index is 13.7. The van der Waals surface area contributed by atoms with Crippen LogP contribution in [0.4, 0.5) is 4.39 Å². The smallest absolute Gasteiger partial charge is 0.272 e. The predicted octanol–water partition coefficient (Wildman–Crippen LogP) is 1.52. The molecule has 1 saturated heterocycles. The molecule has 2 aliphatic rings. The number of nitrogens with zero attached hydrogens (tertiary/aromatic N) is 1. The molecule has 0 saturated carbocycles. The van der Waals surface area contributed by atoms with E-state index in [1.54, 1.807) is 6.92 Å². The van der Waals surface area contributed by atoms with Crippen molar-refractivity contribution in [1.82, 2.24) is 10.8 Å². The maximum Gasteiger partial charge on any atom is 0.272 e. The number of oxime groups is 1. The fourth-order valence-electron chi connectivity index (χ4n) is 3.45. The lowest BCUT2D eigenvalue weighted by Gasteiger charge is -2.22. The van der Waals surface area contributed by atoms with E-state index in [4.69, 9.17) is 9.57 Å². The van der Waals surface area contributed by atoms with Crippen molar-refractivity contribution in [1.29, 1.82) is 0 Å². The van der Waals surface area contributed by atoms with Crippen molar-refractivity contribution in [3.63, 3.8) is 0 Å². The van der Waals surface area contributed by atoms with Gasteiger partial charge in [0.05, 0.1) is 31.9 Å². The van der Waals surface area contributed by atoms with Crippen molar-refractivity contribution < 1.29 is 28.4 Å². The van der Waals surface area contributed by atoms with Gasteiger partial charge in [-0.25, -0.2) is 9.87 Å². The largest absolute Gasteiger partial charge is 0.384 e. The van der Waals surface area contributed by atoms with Crippen LogP contribution in [0.15, 0.2) is 36.0 Å². The molecule has 0 bridgehead atoms. The first-order chi connectivity index (χ1) is 13.8. The number of rotatable bonds is 7. The van der Waals surface area contributed by atoms with Gasteiger partial charge in [0.25, 0.3) is 5.91 Å². The van der Waals surface area contributed by atoms with Crippen LogP contribution >= 0.6 is 0 Å². The molecule has 0 radical (unpaired) electrons. The van der Waals surface area contributed by atoms with Crippen LogP contribution in [-0.4, -0.2) is 49.0 Å². The third kappa shape index (κ3) is 4.99. The molecule has 0 unspecified atom stereocenters. The zero-order chi connectivity index (χ0) is 21.0. The maximum atomic E-state index is 13.7. The average Bonchev–Trinajstić information content (AvgIpc) is 3.29. The number of aryl methyl sites for hydroxylation is 1. The monoisotopic (exact) mass is 405 g/mol. The molecule has 156 valence electrons. The number of carbonyl (C=O) groups excluding carboxylic acids is 2. The van der Waals surface area contributed by atoms with Gasteiger partial charge in [0.15, 0.2) is 5.60 Å². The minimum Gasteiger partial charge on any atom is -0.384 e. The molecule has 1 aromatic carbocycles. The Bertz CT molecular complexity index is 823. The summed E-state index contributed by atoms with van der Waals surface area (Å²) >= 11 is 0. The zero-order valence-electron chi connectivity index (χ0n) is 16.4. The second kappa shape index (κ2) is 8.71. The van der Waals surface area contributed by atoms with Gasteiger partial charge in [-0.3, -0.25) is 14.4 Å². The van der Waals surface area contributed by atoms with Crippen LogP contribution in [0.25, 0.3) is 0 Å². The van der Waals surface area contributed by atoms with Crippen LogP contribution in [0.2, 0.25) is 0 Å². The van der Waals surface area contributed by atoms with Gasteiger partial charge in [-0.1, -0.05) is 11.7 Å². The fraction of sp³-hybridized carbons (Fsp3) is 0.450. The molecule has 1 aromatic rings. The SMILES string of the molecule is C=C[C@@]1(CC(=O)N[C@H]2CO[C@@H](C(=O)NOC)C2)CC(c2cc(C)cc(F)c2)=NO1. The first kappa shape index (κ1) is 20.9. The molecule has 9 heteroatoms. The third-order valence-corrected chi connectivity index (χ3v) is 4.87. The van der Waals surface area contributed by atoms with E-state index in [2.05, 4.69) is 27.4 Å². The summed E-state index contributed by atoms with van der Waals surface area (Å²) in [4.78, 5) is 34.4. The Morgan fingerprint density at radius 3 is 2.93 bits per heavy atom. The summed E-state index contributed by atoms with van der Waals surface area (Å²) in [5.74, 6) is -1.03. The van der Waals surface area contributed by atoms with Crippen LogP contribution in [0.5, 0.6) is 0 Å². The minimum atomic E-state index is -1.01. The lowest BCUT2D eigenvalue weighted by molar-refractivity contribution is -0.140. The summed E-state index contributed by atoms with van der Waals surface area (Å²) in [7, 11) is 1.34. The van der Waals surface area contributed by atoms with E-state index < -0.39 is 17.6 Å². The van der Waals surface area contributed by atoms with Crippen LogP contribution in [-0.2, 0) is 24.0 Å². The molecular weight excluding hydrogens is 381 g/mol. The topological polar surface area (TPSA) is 98.2 Å². The van der Waals surface area contributed by atoms with E-state index in [1.165, 1.54) is 25.3 Å². The highest BCUT2D eigenvalue weighted by molar-refractivity contribution is 6.02. The Kier molecular flexibility index (Phi) is 6.29. The Labute approximate surface area is 168 Å². The van der Waals surface area contributed by atoms with Crippen LogP contribution in [0.1, 0.15) is 30.4 Å². The van der Waals surface area contributed by atoms with Crippen LogP contribution in [0, 0.1) is 12.7 Å². The molecule has 2 aliphatic heterocycles. The van der Waals surface area contributed by atoms with Crippen molar-refractivity contribution in [3.8, 4) is 0 Å². The Morgan fingerprint density at radius 1 is 1.45 bits per heavy atom. The van der Waals surface area contributed by atoms with Gasteiger partial charge in [-0.15, -0.1) is 0 Å². The van der Waals surface area contributed by atoms with Crippen molar-refractivity contribution >= 4 is 17.5 Å². The Hall–Kier alpha value is -2.78. The quantitative estimate of drug-likeness (QED) is 0.530. The van der Waals surface area contributed by atoms with Gasteiger partial charge in [0.2, 0.25) is 5.91 Å². The molecule has 29 heavy (non-hydrogen) atoms. The molecular formula is C20H24FN3O5. The number of hydrogen-bond acceptors (Lipinski definition) is 6. The molecule has 3 atom stereocenters. The van der Waals surface area contributed by atoms with Crippen molar-refractivity contribution in [2.45, 2.75) is 43.9 Å². The summed E-state index contributed by atoms with van der Waals surface area (Å²) in [6, 6.07) is 4.32. The summed E-state index contributed by atoms with van der Waals surface area (Å²) in [5.41, 5.74) is 3.14. The highest BCUT2D eigenvalue weighted by atomic mass is 19.1. The van der Waals surface area contributed by atoms with Gasteiger partial charge in [0.1, 0.15) is 11.9 Å². The molecule has 3 rings (SSSR count). The van der Waals surface area contributed by atoms with E-state index in [0.29, 0.717) is 24.1 Å². The predicted molar refractivity (Wildman–Crippen MR) is 102 cm³/mol. The van der Waals surface area contributed by atoms with Crippen molar-refractivity contribution in [2.24, 2.45) is 5.16 Å². The van der Waals surface area contributed by atoms with E-state index in [0.717, 1.165) is 5.56 Å². The number of halogens is 1. The number of ether oxygens (including phenoxy) is 1. The second-order valence-electron chi connectivity index (χ2n) is 7.26. The molecule has 2 amide bonds. The Morgan fingerprint density at radius 2 is 2.24 bits per heavy atom. The first-order valence-corrected chi connectivity index (χ1v) is 9.24. The Balaban J connectivity index is 1.57. The molecule has 0 aromatic heterocycles. The normalized spacial score (nSPS) is 25.8. The molecule has 0 aliphatic carbocycles. The van der Waals surface area contributed by atoms with E-state index in [-0.39, 0.29) is 30.8 Å². The zero-order valence-corrected chi connectivity index (χ0v) is 16.4.